The van der Waals surface area contributed by atoms with Crippen molar-refractivity contribution in [3.05, 3.63) is 76.7 Å². The molecule has 204 valence electrons. The smallest absolute Gasteiger partial charge is 0.385 e. The average Bonchev–Trinajstić information content (AvgIpc) is 2.92. The molecule has 2 heterocycles. The van der Waals surface area contributed by atoms with Crippen LogP contribution in [0, 0.1) is 0 Å². The predicted molar refractivity (Wildman–Crippen MR) is 137 cm³/mol. The Morgan fingerprint density at radius 3 is 2.26 bits per heavy atom. The van der Waals surface area contributed by atoms with Crippen LogP contribution in [0.25, 0.3) is 5.69 Å². The molecule has 1 fully saturated rings. The van der Waals surface area contributed by atoms with Gasteiger partial charge in [-0.2, -0.15) is 27.3 Å². The summed E-state index contributed by atoms with van der Waals surface area (Å²) >= 11 is 0. The Balaban J connectivity index is 1.54. The fourth-order valence-electron chi connectivity index (χ4n) is 4.17. The van der Waals surface area contributed by atoms with Crippen molar-refractivity contribution < 1.29 is 26.3 Å². The van der Waals surface area contributed by atoms with E-state index in [9.17, 15) is 26.4 Å². The van der Waals surface area contributed by atoms with E-state index >= 15 is 0 Å². The molecule has 1 N–H and O–H groups in total. The molecule has 1 aliphatic heterocycles. The zero-order chi connectivity index (χ0) is 27.3. The van der Waals surface area contributed by atoms with Crippen LogP contribution in [0.2, 0.25) is 0 Å². The Morgan fingerprint density at radius 2 is 1.66 bits per heavy atom. The van der Waals surface area contributed by atoms with Gasteiger partial charge in [-0.05, 0) is 42.8 Å². The second-order valence-corrected chi connectivity index (χ2v) is 10.6. The normalized spacial score (nSPS) is 15.0. The third-order valence-electron chi connectivity index (χ3n) is 6.18. The summed E-state index contributed by atoms with van der Waals surface area (Å²) in [4.78, 5) is 15.1. The molecule has 13 heteroatoms. The van der Waals surface area contributed by atoms with Gasteiger partial charge in [-0.3, -0.25) is 4.79 Å². The summed E-state index contributed by atoms with van der Waals surface area (Å²) in [5.74, 6) is 0. The molecule has 38 heavy (non-hydrogen) atoms. The minimum absolute atomic E-state index is 0.0915. The van der Waals surface area contributed by atoms with E-state index in [1.165, 1.54) is 8.99 Å². The molecule has 0 amide bonds. The number of aromatic nitrogens is 2. The van der Waals surface area contributed by atoms with Gasteiger partial charge >= 0.3 is 6.18 Å². The van der Waals surface area contributed by atoms with E-state index in [1.807, 2.05) is 11.0 Å². The number of hydrogen-bond acceptors (Lipinski definition) is 7. The molecule has 4 rings (SSSR count). The molecule has 0 radical (unpaired) electrons. The van der Waals surface area contributed by atoms with E-state index in [0.29, 0.717) is 36.6 Å². The number of sulfonamides is 1. The monoisotopic (exact) mass is 551 g/mol. The van der Waals surface area contributed by atoms with Crippen LogP contribution in [-0.4, -0.2) is 68.9 Å². The zero-order valence-corrected chi connectivity index (χ0v) is 21.5. The Labute approximate surface area is 218 Å². The number of rotatable bonds is 9. The predicted octanol–water partition coefficient (Wildman–Crippen LogP) is 3.21. The minimum Gasteiger partial charge on any atom is -0.385 e. The number of piperazine rings is 1. The highest BCUT2D eigenvalue weighted by molar-refractivity contribution is 7.89. The second kappa shape index (κ2) is 11.5. The average molecular weight is 552 g/mol. The number of nitrogens with zero attached hydrogens (tertiary/aromatic N) is 4. The zero-order valence-electron chi connectivity index (χ0n) is 20.7. The number of benzene rings is 2. The topological polar surface area (TPSA) is 96.8 Å². The fourth-order valence-corrected chi connectivity index (χ4v) is 5.59. The first-order valence-corrected chi connectivity index (χ1v) is 13.4. The fraction of sp³-hybridized carbons (Fsp3) is 0.360. The number of para-hydroxylation sites is 1. The maximum absolute atomic E-state index is 13.4. The molecule has 1 aromatic heterocycles. The number of hydrogen-bond donors (Lipinski definition) is 1. The summed E-state index contributed by atoms with van der Waals surface area (Å²) in [6.07, 6.45) is -2.30. The van der Waals surface area contributed by atoms with Crippen LogP contribution < -0.4 is 15.8 Å². The van der Waals surface area contributed by atoms with Gasteiger partial charge in [-0.25, -0.2) is 8.42 Å². The summed E-state index contributed by atoms with van der Waals surface area (Å²) in [6.45, 7) is 1.71. The van der Waals surface area contributed by atoms with Gasteiger partial charge in [0, 0.05) is 46.4 Å². The minimum atomic E-state index is -4.55. The third-order valence-corrected chi connectivity index (χ3v) is 8.10. The molecule has 1 aliphatic rings. The largest absolute Gasteiger partial charge is 0.416 e. The third kappa shape index (κ3) is 6.00. The van der Waals surface area contributed by atoms with E-state index in [2.05, 4.69) is 10.4 Å². The quantitative estimate of drug-likeness (QED) is 0.408. The van der Waals surface area contributed by atoms with Crippen LogP contribution in [0.5, 0.6) is 0 Å². The first-order chi connectivity index (χ1) is 18.1. The first kappa shape index (κ1) is 27.6. The van der Waals surface area contributed by atoms with Crippen molar-refractivity contribution in [2.24, 2.45) is 0 Å². The molecule has 9 nitrogen and oxygen atoms in total. The van der Waals surface area contributed by atoms with Crippen molar-refractivity contribution in [3.63, 3.8) is 0 Å². The standard InChI is InChI=1S/C25H28F3N5O4S/c1-37-17-5-12-29-23-22(18-30-33(24(23)34)20-6-3-2-4-7-20)31-13-15-32(16-14-31)38(35,36)21-10-8-19(9-11-21)25(26,27)28/h2-4,6-11,18,29H,5,12-17H2,1H3. The molecule has 0 atom stereocenters. The maximum atomic E-state index is 13.4. The Kier molecular flexibility index (Phi) is 8.38. The lowest BCUT2D eigenvalue weighted by molar-refractivity contribution is -0.137. The molecular formula is C25H28F3N5O4S. The lowest BCUT2D eigenvalue weighted by atomic mass is 10.2. The Hall–Kier alpha value is -3.42. The van der Waals surface area contributed by atoms with Crippen LogP contribution >= 0.6 is 0 Å². The molecule has 2 aromatic carbocycles. The van der Waals surface area contributed by atoms with Gasteiger partial charge < -0.3 is 15.0 Å². The second-order valence-electron chi connectivity index (χ2n) is 8.64. The number of halogens is 3. The number of ether oxygens (including phenoxy) is 1. The molecule has 1 saturated heterocycles. The number of methoxy groups -OCH3 is 1. The lowest BCUT2D eigenvalue weighted by Gasteiger charge is -2.36. The van der Waals surface area contributed by atoms with Crippen LogP contribution in [0.3, 0.4) is 0 Å². The Bertz CT molecular complexity index is 1390. The summed E-state index contributed by atoms with van der Waals surface area (Å²) in [6, 6.07) is 12.5. The first-order valence-electron chi connectivity index (χ1n) is 12.0. The van der Waals surface area contributed by atoms with Crippen LogP contribution in [0.15, 0.2) is 70.5 Å². The van der Waals surface area contributed by atoms with Gasteiger partial charge in [0.15, 0.2) is 0 Å². The number of alkyl halides is 3. The molecule has 0 spiro atoms. The number of anilines is 2. The van der Waals surface area contributed by atoms with Gasteiger partial charge in [0.25, 0.3) is 5.56 Å². The van der Waals surface area contributed by atoms with Crippen molar-refractivity contribution in [2.45, 2.75) is 17.5 Å². The van der Waals surface area contributed by atoms with E-state index in [0.717, 1.165) is 24.3 Å². The van der Waals surface area contributed by atoms with E-state index in [-0.39, 0.29) is 36.6 Å². The van der Waals surface area contributed by atoms with Crippen molar-refractivity contribution in [2.75, 3.05) is 56.7 Å². The van der Waals surface area contributed by atoms with Crippen LogP contribution in [0.4, 0.5) is 24.5 Å². The molecule has 0 saturated carbocycles. The lowest BCUT2D eigenvalue weighted by Crippen LogP contribution is -2.49. The molecule has 0 aliphatic carbocycles. The Morgan fingerprint density at radius 1 is 1.00 bits per heavy atom. The van der Waals surface area contributed by atoms with Gasteiger partial charge in [0.05, 0.1) is 28.0 Å². The summed E-state index contributed by atoms with van der Waals surface area (Å²) in [5, 5.41) is 7.54. The highest BCUT2D eigenvalue weighted by Gasteiger charge is 2.33. The molecular weight excluding hydrogens is 523 g/mol. The van der Waals surface area contributed by atoms with E-state index in [1.54, 1.807) is 37.6 Å². The van der Waals surface area contributed by atoms with Gasteiger partial charge in [-0.1, -0.05) is 18.2 Å². The van der Waals surface area contributed by atoms with E-state index < -0.39 is 21.8 Å². The van der Waals surface area contributed by atoms with Crippen LogP contribution in [-0.2, 0) is 20.9 Å². The van der Waals surface area contributed by atoms with Gasteiger partial charge in [0.1, 0.15) is 5.69 Å². The number of nitrogens with one attached hydrogen (secondary N) is 1. The summed E-state index contributed by atoms with van der Waals surface area (Å²) in [7, 11) is -2.39. The maximum Gasteiger partial charge on any atom is 0.416 e. The summed E-state index contributed by atoms with van der Waals surface area (Å²) < 4.78 is 72.3. The van der Waals surface area contributed by atoms with Crippen molar-refractivity contribution in [1.29, 1.82) is 0 Å². The van der Waals surface area contributed by atoms with Gasteiger partial charge in [-0.15, -0.1) is 0 Å². The highest BCUT2D eigenvalue weighted by atomic mass is 32.2. The molecule has 3 aromatic rings. The van der Waals surface area contributed by atoms with Crippen molar-refractivity contribution >= 4 is 21.4 Å². The van der Waals surface area contributed by atoms with Gasteiger partial charge in [0.2, 0.25) is 10.0 Å². The van der Waals surface area contributed by atoms with Crippen LogP contribution in [0.1, 0.15) is 12.0 Å². The van der Waals surface area contributed by atoms with E-state index in [4.69, 9.17) is 4.74 Å². The summed E-state index contributed by atoms with van der Waals surface area (Å²) in [5.41, 5.74) is 0.247. The molecule has 0 bridgehead atoms. The highest BCUT2D eigenvalue weighted by Crippen LogP contribution is 2.31. The SMILES string of the molecule is COCCCNc1c(N2CCN(S(=O)(=O)c3ccc(C(F)(F)F)cc3)CC2)cnn(-c2ccccc2)c1=O. The van der Waals surface area contributed by atoms with Crippen molar-refractivity contribution in [3.8, 4) is 5.69 Å². The van der Waals surface area contributed by atoms with Crippen molar-refractivity contribution in [1.82, 2.24) is 14.1 Å². The molecule has 0 unspecified atom stereocenters.